The second-order valence-corrected chi connectivity index (χ2v) is 6.93. The number of hydrogen-bond acceptors (Lipinski definition) is 3. The van der Waals surface area contributed by atoms with Gasteiger partial charge in [-0.15, -0.1) is 0 Å². The first-order chi connectivity index (χ1) is 10.5. The van der Waals surface area contributed by atoms with Gasteiger partial charge in [0.2, 0.25) is 0 Å². The highest BCUT2D eigenvalue weighted by Gasteiger charge is 2.34. The van der Waals surface area contributed by atoms with Gasteiger partial charge in [0.05, 0.1) is 11.4 Å². The summed E-state index contributed by atoms with van der Waals surface area (Å²) in [6.45, 7) is 1.96. The lowest BCUT2D eigenvalue weighted by molar-refractivity contribution is -0.137. The molecule has 4 nitrogen and oxygen atoms in total. The second kappa shape index (κ2) is 6.47. The first kappa shape index (κ1) is 15.6. The van der Waals surface area contributed by atoms with Crippen molar-refractivity contribution in [1.29, 1.82) is 0 Å². The summed E-state index contributed by atoms with van der Waals surface area (Å²) < 4.78 is 5.98. The van der Waals surface area contributed by atoms with E-state index in [0.29, 0.717) is 16.7 Å². The third-order valence-corrected chi connectivity index (χ3v) is 4.91. The molecule has 0 bridgehead atoms. The molecular weight excluding hydrogens is 302 g/mol. The van der Waals surface area contributed by atoms with Crippen molar-refractivity contribution in [2.75, 3.05) is 20.1 Å². The summed E-state index contributed by atoms with van der Waals surface area (Å²) in [4.78, 5) is 13.3. The first-order valence-electron chi connectivity index (χ1n) is 7.89. The van der Waals surface area contributed by atoms with Crippen molar-refractivity contribution >= 4 is 17.6 Å². The molecule has 5 heteroatoms. The molecular formula is C17H22ClNO3. The molecule has 2 fully saturated rings. The number of likely N-dealkylation sites (N-methyl/N-ethyl adjacent to an activating group) is 1. The van der Waals surface area contributed by atoms with Gasteiger partial charge >= 0.3 is 5.97 Å². The fourth-order valence-corrected chi connectivity index (χ4v) is 3.49. The van der Waals surface area contributed by atoms with E-state index in [0.717, 1.165) is 37.9 Å². The summed E-state index contributed by atoms with van der Waals surface area (Å²) in [5, 5.41) is 9.68. The smallest absolute Gasteiger partial charge is 0.303 e. The van der Waals surface area contributed by atoms with Crippen LogP contribution in [0.2, 0.25) is 5.02 Å². The molecule has 1 aliphatic heterocycles. The maximum atomic E-state index is 11.1. The molecule has 22 heavy (non-hydrogen) atoms. The van der Waals surface area contributed by atoms with Crippen LogP contribution in [-0.4, -0.2) is 42.2 Å². The average molecular weight is 324 g/mol. The molecule has 2 atom stereocenters. The van der Waals surface area contributed by atoms with Crippen LogP contribution in [0.25, 0.3) is 0 Å². The maximum absolute atomic E-state index is 11.1. The third-order valence-electron chi connectivity index (χ3n) is 4.61. The van der Waals surface area contributed by atoms with Crippen LogP contribution in [-0.2, 0) is 4.79 Å². The van der Waals surface area contributed by atoms with Gasteiger partial charge in [0, 0.05) is 13.1 Å². The molecule has 0 amide bonds. The van der Waals surface area contributed by atoms with E-state index < -0.39 is 5.97 Å². The number of ether oxygens (including phenoxy) is 1. The van der Waals surface area contributed by atoms with Gasteiger partial charge in [-0.25, -0.2) is 0 Å². The summed E-state index contributed by atoms with van der Waals surface area (Å²) in [6, 6.07) is 5.76. The molecule has 1 N–H and O–H groups in total. The molecule has 1 aromatic rings. The number of aliphatic carboxylic acids is 1. The Morgan fingerprint density at radius 3 is 2.77 bits per heavy atom. The summed E-state index contributed by atoms with van der Waals surface area (Å²) in [5.41, 5.74) is 1.02. The van der Waals surface area contributed by atoms with Crippen LogP contribution in [0.1, 0.15) is 37.2 Å². The zero-order valence-electron chi connectivity index (χ0n) is 12.8. The normalized spacial score (nSPS) is 23.5. The Morgan fingerprint density at radius 2 is 2.23 bits per heavy atom. The van der Waals surface area contributed by atoms with E-state index in [2.05, 4.69) is 11.9 Å². The molecule has 0 aromatic heterocycles. The molecule has 0 spiro atoms. The Bertz CT molecular complexity index is 559. The van der Waals surface area contributed by atoms with Gasteiger partial charge in [0.1, 0.15) is 11.9 Å². The Morgan fingerprint density at radius 1 is 1.45 bits per heavy atom. The zero-order valence-corrected chi connectivity index (χ0v) is 13.6. The van der Waals surface area contributed by atoms with Gasteiger partial charge in [-0.3, -0.25) is 4.79 Å². The van der Waals surface area contributed by atoms with E-state index in [4.69, 9.17) is 21.4 Å². The highest BCUT2D eigenvalue weighted by molar-refractivity contribution is 6.32. The van der Waals surface area contributed by atoms with Crippen LogP contribution in [0.4, 0.5) is 0 Å². The second-order valence-electron chi connectivity index (χ2n) is 6.52. The molecule has 1 saturated carbocycles. The SMILES string of the molecule is CN1CCC(Oc2ccc(C(CC(=O)O)C3CC3)cc2Cl)C1. The van der Waals surface area contributed by atoms with E-state index in [1.54, 1.807) is 0 Å². The van der Waals surface area contributed by atoms with Gasteiger partial charge in [0.15, 0.2) is 0 Å². The molecule has 2 aliphatic rings. The van der Waals surface area contributed by atoms with Crippen molar-refractivity contribution in [3.8, 4) is 5.75 Å². The number of halogens is 1. The summed E-state index contributed by atoms with van der Waals surface area (Å²) in [6.07, 6.45) is 3.60. The summed E-state index contributed by atoms with van der Waals surface area (Å²) in [7, 11) is 2.08. The van der Waals surface area contributed by atoms with E-state index in [1.165, 1.54) is 0 Å². The van der Waals surface area contributed by atoms with Crippen LogP contribution in [0.3, 0.4) is 0 Å². The highest BCUT2D eigenvalue weighted by Crippen LogP contribution is 2.45. The van der Waals surface area contributed by atoms with Crippen LogP contribution in [0.5, 0.6) is 5.75 Å². The van der Waals surface area contributed by atoms with Gasteiger partial charge < -0.3 is 14.7 Å². The predicted molar refractivity (Wildman–Crippen MR) is 85.7 cm³/mol. The van der Waals surface area contributed by atoms with E-state index in [-0.39, 0.29) is 18.4 Å². The maximum Gasteiger partial charge on any atom is 0.303 e. The monoisotopic (exact) mass is 323 g/mol. The number of benzene rings is 1. The lowest BCUT2D eigenvalue weighted by atomic mass is 9.91. The summed E-state index contributed by atoms with van der Waals surface area (Å²) in [5.74, 6) is 0.516. The van der Waals surface area contributed by atoms with Crippen molar-refractivity contribution in [3.05, 3.63) is 28.8 Å². The molecule has 1 aliphatic carbocycles. The molecule has 120 valence electrons. The Kier molecular flexibility index (Phi) is 4.59. The van der Waals surface area contributed by atoms with E-state index >= 15 is 0 Å². The molecule has 1 aromatic carbocycles. The molecule has 3 rings (SSSR count). The third kappa shape index (κ3) is 3.73. The standard InChI is InChI=1S/C17H22ClNO3/c1-19-7-6-13(10-19)22-16-5-4-12(8-15(16)18)14(9-17(20)21)11-2-3-11/h4-5,8,11,13-14H,2-3,6-7,9-10H2,1H3,(H,20,21). The summed E-state index contributed by atoms with van der Waals surface area (Å²) >= 11 is 6.36. The number of likely N-dealkylation sites (tertiary alicyclic amines) is 1. The van der Waals surface area contributed by atoms with Gasteiger partial charge in [-0.05, 0) is 55.8 Å². The Labute approximate surface area is 136 Å². The minimum absolute atomic E-state index is 0.0710. The predicted octanol–water partition coefficient (Wildman–Crippen LogP) is 3.39. The van der Waals surface area contributed by atoms with Crippen molar-refractivity contribution in [2.24, 2.45) is 5.92 Å². The Balaban J connectivity index is 1.71. The zero-order chi connectivity index (χ0) is 15.7. The van der Waals surface area contributed by atoms with Gasteiger partial charge in [-0.2, -0.15) is 0 Å². The van der Waals surface area contributed by atoms with Gasteiger partial charge in [-0.1, -0.05) is 17.7 Å². The number of rotatable bonds is 6. The molecule has 2 unspecified atom stereocenters. The van der Waals surface area contributed by atoms with E-state index in [1.807, 2.05) is 18.2 Å². The number of carbonyl (C=O) groups is 1. The van der Waals surface area contributed by atoms with Crippen molar-refractivity contribution in [2.45, 2.75) is 37.7 Å². The number of hydrogen-bond donors (Lipinski definition) is 1. The largest absolute Gasteiger partial charge is 0.487 e. The minimum atomic E-state index is -0.748. The lowest BCUT2D eigenvalue weighted by Gasteiger charge is -2.18. The van der Waals surface area contributed by atoms with E-state index in [9.17, 15) is 4.79 Å². The van der Waals surface area contributed by atoms with Crippen molar-refractivity contribution in [3.63, 3.8) is 0 Å². The van der Waals surface area contributed by atoms with Crippen LogP contribution < -0.4 is 4.74 Å². The molecule has 1 heterocycles. The minimum Gasteiger partial charge on any atom is -0.487 e. The molecule has 0 radical (unpaired) electrons. The van der Waals surface area contributed by atoms with Crippen molar-refractivity contribution < 1.29 is 14.6 Å². The lowest BCUT2D eigenvalue weighted by Crippen LogP contribution is -2.21. The topological polar surface area (TPSA) is 49.8 Å². The van der Waals surface area contributed by atoms with Crippen molar-refractivity contribution in [1.82, 2.24) is 4.90 Å². The van der Waals surface area contributed by atoms with Crippen LogP contribution >= 0.6 is 11.6 Å². The first-order valence-corrected chi connectivity index (χ1v) is 8.27. The number of carboxylic acids is 1. The quantitative estimate of drug-likeness (QED) is 0.871. The highest BCUT2D eigenvalue weighted by atomic mass is 35.5. The number of nitrogens with zero attached hydrogens (tertiary/aromatic N) is 1. The molecule has 1 saturated heterocycles. The number of carboxylic acid groups (broad SMARTS) is 1. The fraction of sp³-hybridized carbons (Fsp3) is 0.588. The van der Waals surface area contributed by atoms with Gasteiger partial charge in [0.25, 0.3) is 0 Å². The fourth-order valence-electron chi connectivity index (χ4n) is 3.26. The average Bonchev–Trinajstić information content (AvgIpc) is 3.22. The van der Waals surface area contributed by atoms with Crippen LogP contribution in [0, 0.1) is 5.92 Å². The van der Waals surface area contributed by atoms with Crippen LogP contribution in [0.15, 0.2) is 18.2 Å². The Hall–Kier alpha value is -1.26.